The number of nitrogens with one attached hydrogen (secondary N) is 3. The van der Waals surface area contributed by atoms with E-state index in [-0.39, 0.29) is 0 Å². The van der Waals surface area contributed by atoms with Crippen molar-refractivity contribution in [2.24, 2.45) is 0 Å². The largest absolute Gasteiger partial charge is 0.453 e. The van der Waals surface area contributed by atoms with Gasteiger partial charge in [-0.25, -0.2) is 0 Å². The molecule has 0 radical (unpaired) electrons. The van der Waals surface area contributed by atoms with E-state index in [0.717, 1.165) is 136 Å². The number of benzene rings is 7. The Morgan fingerprint density at radius 2 is 0.561 bits per heavy atom. The molecule has 0 saturated heterocycles. The smallest absolute Gasteiger partial charge is 0.151 e. The number of aromatic nitrogens is 3. The van der Waals surface area contributed by atoms with Crippen molar-refractivity contribution in [1.29, 1.82) is 0 Å². The lowest BCUT2D eigenvalue weighted by Crippen LogP contribution is -2.05. The summed E-state index contributed by atoms with van der Waals surface area (Å²) in [5.74, 6) is 4.55. The van der Waals surface area contributed by atoms with Crippen LogP contribution in [-0.4, -0.2) is 15.0 Å². The van der Waals surface area contributed by atoms with Crippen LogP contribution in [-0.2, 0) is 0 Å². The molecule has 10 aromatic rings. The third-order valence-corrected chi connectivity index (χ3v) is 12.2. The SMILES string of the molecule is c1ccc2c(c1)Nc1c(cccc1-c1cccnc1-c1cc(-c3ncccc3-c3cccc4c3Nc3ccccc3O4)cc(-c3ncccc3-c3cccc4c3Nc3ccccc3O4)c1)O2. The third-order valence-electron chi connectivity index (χ3n) is 12.2. The van der Waals surface area contributed by atoms with E-state index in [9.17, 15) is 0 Å². The summed E-state index contributed by atoms with van der Waals surface area (Å²) in [6.45, 7) is 0. The van der Waals surface area contributed by atoms with Crippen molar-refractivity contribution in [3.8, 4) is 102 Å². The van der Waals surface area contributed by atoms with Crippen molar-refractivity contribution in [2.75, 3.05) is 16.0 Å². The average Bonchev–Trinajstić information content (AvgIpc) is 3.38. The van der Waals surface area contributed by atoms with Crippen molar-refractivity contribution < 1.29 is 14.2 Å². The molecule has 0 fully saturated rings. The molecule has 0 bridgehead atoms. The molecule has 13 rings (SSSR count). The normalized spacial score (nSPS) is 12.4. The van der Waals surface area contributed by atoms with Crippen LogP contribution >= 0.6 is 0 Å². The zero-order valence-electron chi connectivity index (χ0n) is 35.1. The maximum Gasteiger partial charge on any atom is 0.151 e. The van der Waals surface area contributed by atoms with Crippen LogP contribution < -0.4 is 30.2 Å². The van der Waals surface area contributed by atoms with Crippen molar-refractivity contribution in [3.05, 3.63) is 201 Å². The van der Waals surface area contributed by atoms with Gasteiger partial charge in [0.2, 0.25) is 0 Å². The number of fused-ring (bicyclic) bond motifs is 6. The molecule has 0 amide bonds. The highest BCUT2D eigenvalue weighted by Crippen LogP contribution is 2.52. The van der Waals surface area contributed by atoms with Crippen LogP contribution in [0.15, 0.2) is 201 Å². The summed E-state index contributed by atoms with van der Waals surface area (Å²) >= 11 is 0. The Morgan fingerprint density at radius 3 is 0.894 bits per heavy atom. The molecule has 0 spiro atoms. The highest BCUT2D eigenvalue weighted by molar-refractivity contribution is 5.99. The fourth-order valence-electron chi connectivity index (χ4n) is 9.24. The Kier molecular flexibility index (Phi) is 8.63. The highest BCUT2D eigenvalue weighted by Gasteiger charge is 2.26. The number of rotatable bonds is 6. The van der Waals surface area contributed by atoms with E-state index in [1.807, 2.05) is 146 Å². The predicted molar refractivity (Wildman–Crippen MR) is 262 cm³/mol. The summed E-state index contributed by atoms with van der Waals surface area (Å²) in [7, 11) is 0. The molecule has 312 valence electrons. The molecular formula is C57H36N6O3. The molecule has 9 heteroatoms. The average molecular weight is 853 g/mol. The Hall–Kier alpha value is -9.21. The van der Waals surface area contributed by atoms with Gasteiger partial charge in [0.1, 0.15) is 0 Å². The highest BCUT2D eigenvalue weighted by atomic mass is 16.5. The van der Waals surface area contributed by atoms with Crippen LogP contribution in [0.1, 0.15) is 0 Å². The molecule has 0 saturated carbocycles. The minimum atomic E-state index is 0.740. The summed E-state index contributed by atoms with van der Waals surface area (Å²) in [5.41, 5.74) is 16.0. The molecule has 66 heavy (non-hydrogen) atoms. The lowest BCUT2D eigenvalue weighted by atomic mass is 9.90. The molecule has 3 N–H and O–H groups in total. The van der Waals surface area contributed by atoms with Crippen molar-refractivity contribution in [1.82, 2.24) is 15.0 Å². The number of ether oxygens (including phenoxy) is 3. The zero-order valence-corrected chi connectivity index (χ0v) is 35.1. The molecular weight excluding hydrogens is 817 g/mol. The summed E-state index contributed by atoms with van der Waals surface area (Å²) in [6, 6.07) is 61.1. The van der Waals surface area contributed by atoms with Crippen LogP contribution in [0.25, 0.3) is 67.2 Å². The lowest BCUT2D eigenvalue weighted by molar-refractivity contribution is 0.481. The Balaban J connectivity index is 1.01. The Bertz CT molecular complexity index is 3200. The van der Waals surface area contributed by atoms with Gasteiger partial charge in [0.05, 0.1) is 51.2 Å². The quantitative estimate of drug-likeness (QED) is 0.151. The van der Waals surface area contributed by atoms with Crippen LogP contribution in [0.5, 0.6) is 34.5 Å². The van der Waals surface area contributed by atoms with Crippen molar-refractivity contribution in [3.63, 3.8) is 0 Å². The van der Waals surface area contributed by atoms with E-state index in [4.69, 9.17) is 29.2 Å². The van der Waals surface area contributed by atoms with E-state index in [1.54, 1.807) is 0 Å². The van der Waals surface area contributed by atoms with Gasteiger partial charge >= 0.3 is 0 Å². The molecule has 3 aliphatic heterocycles. The van der Waals surface area contributed by atoms with E-state index in [2.05, 4.69) is 70.5 Å². The van der Waals surface area contributed by atoms with Crippen molar-refractivity contribution in [2.45, 2.75) is 0 Å². The van der Waals surface area contributed by atoms with E-state index < -0.39 is 0 Å². The third kappa shape index (κ3) is 6.29. The maximum absolute atomic E-state index is 6.44. The number of anilines is 6. The number of nitrogens with zero attached hydrogens (tertiary/aromatic N) is 3. The van der Waals surface area contributed by atoms with Crippen LogP contribution in [0.3, 0.4) is 0 Å². The molecule has 0 unspecified atom stereocenters. The summed E-state index contributed by atoms with van der Waals surface area (Å²) in [5, 5.41) is 11.0. The van der Waals surface area contributed by atoms with E-state index in [0.29, 0.717) is 0 Å². The minimum Gasteiger partial charge on any atom is -0.453 e. The first kappa shape index (κ1) is 37.4. The van der Waals surface area contributed by atoms with Gasteiger partial charge in [0.15, 0.2) is 34.5 Å². The summed E-state index contributed by atoms with van der Waals surface area (Å²) < 4.78 is 19.3. The molecule has 7 aromatic carbocycles. The van der Waals surface area contributed by atoms with Gasteiger partial charge in [-0.1, -0.05) is 91.0 Å². The minimum absolute atomic E-state index is 0.740. The van der Waals surface area contributed by atoms with E-state index >= 15 is 0 Å². The van der Waals surface area contributed by atoms with Gasteiger partial charge in [-0.05, 0) is 91.0 Å². The Morgan fingerprint density at radius 1 is 0.273 bits per heavy atom. The fraction of sp³-hybridized carbons (Fsp3) is 0. The van der Waals surface area contributed by atoms with Gasteiger partial charge in [0, 0.05) is 68.7 Å². The molecule has 0 aliphatic carbocycles. The van der Waals surface area contributed by atoms with Gasteiger partial charge in [0.25, 0.3) is 0 Å². The monoisotopic (exact) mass is 852 g/mol. The fourth-order valence-corrected chi connectivity index (χ4v) is 9.24. The number of para-hydroxylation sites is 9. The molecule has 0 atom stereocenters. The lowest BCUT2D eigenvalue weighted by Gasteiger charge is -2.25. The van der Waals surface area contributed by atoms with E-state index in [1.165, 1.54) is 0 Å². The number of hydrogen-bond donors (Lipinski definition) is 3. The van der Waals surface area contributed by atoms with Gasteiger partial charge < -0.3 is 30.2 Å². The second kappa shape index (κ2) is 15.3. The van der Waals surface area contributed by atoms with Gasteiger partial charge in [-0.2, -0.15) is 0 Å². The summed E-state index contributed by atoms with van der Waals surface area (Å²) in [6.07, 6.45) is 5.53. The van der Waals surface area contributed by atoms with Crippen LogP contribution in [0.2, 0.25) is 0 Å². The second-order valence-corrected chi connectivity index (χ2v) is 16.2. The van der Waals surface area contributed by atoms with Crippen molar-refractivity contribution >= 4 is 34.1 Å². The first-order valence-electron chi connectivity index (χ1n) is 21.7. The van der Waals surface area contributed by atoms with Crippen LogP contribution in [0.4, 0.5) is 34.1 Å². The zero-order chi connectivity index (χ0) is 43.6. The summed E-state index contributed by atoms with van der Waals surface area (Å²) in [4.78, 5) is 15.4. The standard InChI is InChI=1S/C57H36N6O3/c1-4-22-46-43(19-1)61-55-40(13-7-25-49(55)64-46)37-16-10-28-58-52(37)34-31-35(53-38(17-11-29-59-53)41-14-8-26-50-56(41)62-44-20-2-5-23-47(44)65-50)33-36(32-34)54-39(18-12-30-60-54)42-15-9-27-51-57(42)63-45-21-3-6-24-48(45)66-51/h1-33,61-63H. The first-order valence-corrected chi connectivity index (χ1v) is 21.7. The predicted octanol–water partition coefficient (Wildman–Crippen LogP) is 15.4. The number of pyridine rings is 3. The maximum atomic E-state index is 6.44. The van der Waals surface area contributed by atoms with Gasteiger partial charge in [-0.15, -0.1) is 0 Å². The number of hydrogen-bond acceptors (Lipinski definition) is 9. The first-order chi connectivity index (χ1) is 32.7. The second-order valence-electron chi connectivity index (χ2n) is 16.2. The topological polar surface area (TPSA) is 102 Å². The van der Waals surface area contributed by atoms with Gasteiger partial charge in [-0.3, -0.25) is 15.0 Å². The molecule has 3 aliphatic rings. The van der Waals surface area contributed by atoms with Crippen LogP contribution in [0, 0.1) is 0 Å². The molecule has 3 aromatic heterocycles. The molecule has 9 nitrogen and oxygen atoms in total. The molecule has 6 heterocycles. The Labute approximate surface area is 380 Å².